The number of hydrogen-bond acceptors (Lipinski definition) is 6. The topological polar surface area (TPSA) is 131 Å². The molecule has 0 aromatic carbocycles. The number of allylic oxidation sites excluding steroid dienone is 2. The first-order chi connectivity index (χ1) is 20.7. The van der Waals surface area contributed by atoms with E-state index in [1.807, 2.05) is 6.92 Å². The molecule has 0 spiro atoms. The molecule has 4 aliphatic rings. The van der Waals surface area contributed by atoms with Gasteiger partial charge < -0.3 is 31.3 Å². The number of carboxylic acid groups (broad SMARTS) is 2. The first kappa shape index (κ1) is 34.4. The van der Waals surface area contributed by atoms with Gasteiger partial charge in [-0.2, -0.15) is 0 Å². The van der Waals surface area contributed by atoms with Crippen molar-refractivity contribution in [2.75, 3.05) is 32.7 Å². The second kappa shape index (κ2) is 16.7. The lowest BCUT2D eigenvalue weighted by Crippen LogP contribution is -2.57. The number of carboxylic acids is 2. The molecule has 9 atom stereocenters. The molecule has 0 amide bonds. The van der Waals surface area contributed by atoms with E-state index in [0.717, 1.165) is 71.1 Å². The summed E-state index contributed by atoms with van der Waals surface area (Å²) >= 11 is 0. The average molecular weight is 604 g/mol. The Labute approximate surface area is 260 Å². The van der Waals surface area contributed by atoms with Gasteiger partial charge in [0.1, 0.15) is 0 Å². The lowest BCUT2D eigenvalue weighted by atomic mass is 9.46. The highest BCUT2D eigenvalue weighted by Gasteiger charge is 2.58. The van der Waals surface area contributed by atoms with Gasteiger partial charge in [0, 0.05) is 12.6 Å². The van der Waals surface area contributed by atoms with Crippen LogP contribution in [-0.2, 0) is 9.59 Å². The van der Waals surface area contributed by atoms with Crippen molar-refractivity contribution in [3.8, 4) is 0 Å². The SMILES string of the molecule is CC(CCC/C=C1\CCC2C1CCC1C2[C@H](O)C[C@H]2CC(NCCCNCCCCNCCC(=O)O)CCC12C)C(=O)O. The van der Waals surface area contributed by atoms with E-state index in [2.05, 4.69) is 29.0 Å². The molecule has 4 saturated carbocycles. The highest BCUT2D eigenvalue weighted by atomic mass is 16.4. The fourth-order valence-corrected chi connectivity index (χ4v) is 9.49. The molecule has 0 aromatic heterocycles. The zero-order chi connectivity index (χ0) is 30.8. The minimum Gasteiger partial charge on any atom is -0.481 e. The van der Waals surface area contributed by atoms with Gasteiger partial charge in [0.15, 0.2) is 0 Å². The number of aliphatic hydroxyl groups is 1. The van der Waals surface area contributed by atoms with Gasteiger partial charge in [-0.3, -0.25) is 9.59 Å². The van der Waals surface area contributed by atoms with Crippen LogP contribution in [0.15, 0.2) is 11.6 Å². The maximum atomic E-state index is 11.6. The summed E-state index contributed by atoms with van der Waals surface area (Å²) in [6.45, 7) is 8.88. The minimum absolute atomic E-state index is 0.165. The third-order valence-electron chi connectivity index (χ3n) is 12.0. The summed E-state index contributed by atoms with van der Waals surface area (Å²) < 4.78 is 0. The predicted octanol–water partition coefficient (Wildman–Crippen LogP) is 5.21. The number of rotatable bonds is 18. The van der Waals surface area contributed by atoms with Crippen molar-refractivity contribution >= 4 is 11.9 Å². The summed E-state index contributed by atoms with van der Waals surface area (Å²) in [5, 5.41) is 40.0. The number of aliphatic carboxylic acids is 2. The Morgan fingerprint density at radius 3 is 2.44 bits per heavy atom. The van der Waals surface area contributed by atoms with Crippen LogP contribution in [0.4, 0.5) is 0 Å². The van der Waals surface area contributed by atoms with Crippen LogP contribution < -0.4 is 16.0 Å². The van der Waals surface area contributed by atoms with Gasteiger partial charge in [0.25, 0.3) is 0 Å². The van der Waals surface area contributed by atoms with Gasteiger partial charge in [-0.05, 0) is 151 Å². The van der Waals surface area contributed by atoms with Crippen LogP contribution in [0.2, 0.25) is 0 Å². The Morgan fingerprint density at radius 2 is 1.70 bits per heavy atom. The summed E-state index contributed by atoms with van der Waals surface area (Å²) in [4.78, 5) is 21.7. The molecular weight excluding hydrogens is 542 g/mol. The molecule has 43 heavy (non-hydrogen) atoms. The molecular formula is C35H61N3O5. The van der Waals surface area contributed by atoms with Gasteiger partial charge in [-0.25, -0.2) is 0 Å². The molecule has 0 bridgehead atoms. The van der Waals surface area contributed by atoms with Gasteiger partial charge in [0.05, 0.1) is 18.4 Å². The van der Waals surface area contributed by atoms with Crippen molar-refractivity contribution in [1.29, 1.82) is 0 Å². The molecule has 4 aliphatic carbocycles. The molecule has 0 aromatic rings. The molecule has 0 heterocycles. The fraction of sp³-hybridized carbons (Fsp3) is 0.886. The van der Waals surface area contributed by atoms with Crippen LogP contribution in [-0.4, -0.2) is 72.1 Å². The second-order valence-electron chi connectivity index (χ2n) is 14.7. The van der Waals surface area contributed by atoms with E-state index in [1.165, 1.54) is 44.9 Å². The zero-order valence-electron chi connectivity index (χ0n) is 27.0. The van der Waals surface area contributed by atoms with Crippen LogP contribution in [0.3, 0.4) is 0 Å². The Hall–Kier alpha value is -1.48. The Balaban J connectivity index is 1.14. The summed E-state index contributed by atoms with van der Waals surface area (Å²) in [6.07, 6.45) is 18.1. The average Bonchev–Trinajstić information content (AvgIpc) is 3.39. The van der Waals surface area contributed by atoms with Crippen molar-refractivity contribution < 1.29 is 24.9 Å². The van der Waals surface area contributed by atoms with Crippen LogP contribution in [0.1, 0.15) is 110 Å². The van der Waals surface area contributed by atoms with E-state index in [-0.39, 0.29) is 18.4 Å². The van der Waals surface area contributed by atoms with Crippen molar-refractivity contribution in [1.82, 2.24) is 16.0 Å². The normalized spacial score (nSPS) is 35.2. The molecule has 6 N–H and O–H groups in total. The summed E-state index contributed by atoms with van der Waals surface area (Å²) in [7, 11) is 0. The Bertz CT molecular complexity index is 927. The fourth-order valence-electron chi connectivity index (χ4n) is 9.49. The van der Waals surface area contributed by atoms with E-state index in [1.54, 1.807) is 5.57 Å². The van der Waals surface area contributed by atoms with Crippen molar-refractivity contribution in [2.24, 2.45) is 40.9 Å². The highest BCUT2D eigenvalue weighted by molar-refractivity contribution is 5.69. The smallest absolute Gasteiger partial charge is 0.306 e. The highest BCUT2D eigenvalue weighted by Crippen LogP contribution is 2.63. The van der Waals surface area contributed by atoms with E-state index in [9.17, 15) is 14.7 Å². The number of carbonyl (C=O) groups is 2. The largest absolute Gasteiger partial charge is 0.481 e. The molecule has 4 fully saturated rings. The third kappa shape index (κ3) is 9.27. The van der Waals surface area contributed by atoms with E-state index < -0.39 is 11.9 Å². The Kier molecular flexibility index (Phi) is 13.4. The second-order valence-corrected chi connectivity index (χ2v) is 14.7. The molecule has 0 aliphatic heterocycles. The summed E-state index contributed by atoms with van der Waals surface area (Å²) in [6, 6.07) is 0.569. The number of fused-ring (bicyclic) bond motifs is 5. The van der Waals surface area contributed by atoms with Gasteiger partial charge in [-0.1, -0.05) is 25.5 Å². The van der Waals surface area contributed by atoms with E-state index >= 15 is 0 Å². The van der Waals surface area contributed by atoms with Gasteiger partial charge in [0.2, 0.25) is 0 Å². The zero-order valence-corrected chi connectivity index (χ0v) is 27.0. The molecule has 0 saturated heterocycles. The van der Waals surface area contributed by atoms with Gasteiger partial charge >= 0.3 is 11.9 Å². The summed E-state index contributed by atoms with van der Waals surface area (Å²) in [5.41, 5.74) is 1.97. The van der Waals surface area contributed by atoms with Crippen LogP contribution in [0.5, 0.6) is 0 Å². The van der Waals surface area contributed by atoms with E-state index in [0.29, 0.717) is 47.6 Å². The first-order valence-electron chi connectivity index (χ1n) is 17.7. The number of unbranched alkanes of at least 4 members (excludes halogenated alkanes) is 2. The molecule has 8 heteroatoms. The van der Waals surface area contributed by atoms with Crippen LogP contribution in [0.25, 0.3) is 0 Å². The van der Waals surface area contributed by atoms with Crippen LogP contribution in [0, 0.1) is 40.9 Å². The lowest BCUT2D eigenvalue weighted by molar-refractivity contribution is -0.144. The summed E-state index contributed by atoms with van der Waals surface area (Å²) in [5.74, 6) is 1.29. The standard InChI is InChI=1S/C35H61N3O5/c1-24(34(42)43)8-3-4-9-25-10-11-29-28(25)12-13-30-33(29)31(39)23-26-22-27(14-16-35(26,30)2)38-20-7-19-36-17-5-6-18-37-21-15-32(40)41/h9,24,26-31,33,36-39H,3-8,10-23H2,1-2H3,(H,40,41)(H,42,43)/b25-9+/t24?,26-,27?,28?,29?,30?,31-,33?,35?/m1/s1. The minimum atomic E-state index is -0.747. The van der Waals surface area contributed by atoms with Crippen molar-refractivity contribution in [2.45, 2.75) is 122 Å². The maximum absolute atomic E-state index is 11.6. The molecule has 0 radical (unpaired) electrons. The quantitative estimate of drug-likeness (QED) is 0.0930. The monoisotopic (exact) mass is 603 g/mol. The molecule has 4 rings (SSSR count). The number of aliphatic hydroxyl groups excluding tert-OH is 1. The third-order valence-corrected chi connectivity index (χ3v) is 12.0. The van der Waals surface area contributed by atoms with Crippen molar-refractivity contribution in [3.05, 3.63) is 11.6 Å². The maximum Gasteiger partial charge on any atom is 0.306 e. The number of nitrogens with one attached hydrogen (secondary N) is 3. The molecule has 246 valence electrons. The lowest BCUT2D eigenvalue weighted by Gasteiger charge is -2.60. The van der Waals surface area contributed by atoms with Crippen molar-refractivity contribution in [3.63, 3.8) is 0 Å². The molecule has 8 nitrogen and oxygen atoms in total. The van der Waals surface area contributed by atoms with Gasteiger partial charge in [-0.15, -0.1) is 0 Å². The molecule has 7 unspecified atom stereocenters. The van der Waals surface area contributed by atoms with E-state index in [4.69, 9.17) is 10.2 Å². The van der Waals surface area contributed by atoms with Crippen LogP contribution >= 0.6 is 0 Å². The first-order valence-corrected chi connectivity index (χ1v) is 17.7. The number of hydrogen-bond donors (Lipinski definition) is 6. The Morgan fingerprint density at radius 1 is 0.953 bits per heavy atom. The predicted molar refractivity (Wildman–Crippen MR) is 171 cm³/mol.